The Kier molecular flexibility index (Phi) is 4.53. The summed E-state index contributed by atoms with van der Waals surface area (Å²) >= 11 is 3.33. The van der Waals surface area contributed by atoms with Gasteiger partial charge in [-0.05, 0) is 24.6 Å². The van der Waals surface area contributed by atoms with Gasteiger partial charge in [0, 0.05) is 10.5 Å². The molecule has 1 aliphatic rings. The summed E-state index contributed by atoms with van der Waals surface area (Å²) in [5.41, 5.74) is -0.357. The van der Waals surface area contributed by atoms with Crippen molar-refractivity contribution in [1.29, 1.82) is 0 Å². The summed E-state index contributed by atoms with van der Waals surface area (Å²) in [7, 11) is 0. The Hall–Kier alpha value is -2.03. The number of nitrogens with zero attached hydrogens (tertiary/aromatic N) is 1. The highest BCUT2D eigenvalue weighted by molar-refractivity contribution is 9.10. The second kappa shape index (κ2) is 6.46. The number of aromatic nitrogens is 1. The number of hydrogen-bond acceptors (Lipinski definition) is 4. The van der Waals surface area contributed by atoms with E-state index in [1.165, 1.54) is 0 Å². The van der Waals surface area contributed by atoms with Gasteiger partial charge in [0.25, 0.3) is 11.9 Å². The summed E-state index contributed by atoms with van der Waals surface area (Å²) < 4.78 is 65.3. The minimum atomic E-state index is -1.72. The summed E-state index contributed by atoms with van der Waals surface area (Å²) in [6.45, 7) is 2.36. The van der Waals surface area contributed by atoms with Crippen LogP contribution in [0.25, 0.3) is 0 Å². The maximum atomic E-state index is 13.7. The van der Waals surface area contributed by atoms with Gasteiger partial charge >= 0.3 is 0 Å². The number of rotatable bonds is 3. The molecule has 0 bridgehead atoms. The van der Waals surface area contributed by atoms with Crippen molar-refractivity contribution in [3.8, 4) is 11.5 Å². The van der Waals surface area contributed by atoms with Crippen LogP contribution in [0.5, 0.6) is 11.5 Å². The first kappa shape index (κ1) is 16.8. The van der Waals surface area contributed by atoms with Crippen LogP contribution in [0.1, 0.15) is 18.5 Å². The molecular weight excluding hydrogens is 396 g/mol. The Morgan fingerprint density at radius 1 is 1.04 bits per heavy atom. The predicted octanol–water partition coefficient (Wildman–Crippen LogP) is 4.34. The van der Waals surface area contributed by atoms with E-state index >= 15 is 0 Å². The van der Waals surface area contributed by atoms with Gasteiger partial charge in [-0.25, -0.2) is 0 Å². The van der Waals surface area contributed by atoms with Crippen molar-refractivity contribution in [3.05, 3.63) is 45.7 Å². The highest BCUT2D eigenvalue weighted by Crippen LogP contribution is 2.39. The Bertz CT molecular complexity index is 778. The van der Waals surface area contributed by atoms with Gasteiger partial charge in [-0.1, -0.05) is 15.9 Å². The smallest absolute Gasteiger partial charge is 0.253 e. The molecule has 2 heterocycles. The van der Waals surface area contributed by atoms with Gasteiger partial charge < -0.3 is 14.8 Å². The molecule has 0 saturated carbocycles. The minimum Gasteiger partial charge on any atom is -0.486 e. The third-order valence-corrected chi connectivity index (χ3v) is 4.17. The van der Waals surface area contributed by atoms with Crippen molar-refractivity contribution in [2.75, 3.05) is 18.5 Å². The zero-order valence-electron chi connectivity index (χ0n) is 12.3. The van der Waals surface area contributed by atoms with Crippen LogP contribution in [0.15, 0.2) is 16.6 Å². The van der Waals surface area contributed by atoms with Crippen LogP contribution in [0.2, 0.25) is 0 Å². The average Bonchev–Trinajstić information content (AvgIpc) is 2.56. The van der Waals surface area contributed by atoms with E-state index in [0.29, 0.717) is 34.7 Å². The standard InChI is InChI=1S/C15H11BrF4N2O2/c1-6(21-13-11(17)14(19)22-15(20)12(13)18)7-4-9-10(5-8(7)16)24-3-2-23-9/h4-6H,2-3H2,1H3,(H,21,22). The van der Waals surface area contributed by atoms with Crippen molar-refractivity contribution in [3.63, 3.8) is 0 Å². The topological polar surface area (TPSA) is 43.4 Å². The van der Waals surface area contributed by atoms with Crippen LogP contribution in [0, 0.1) is 23.5 Å². The highest BCUT2D eigenvalue weighted by Gasteiger charge is 2.24. The molecule has 3 rings (SSSR count). The minimum absolute atomic E-state index is 0.375. The highest BCUT2D eigenvalue weighted by atomic mass is 79.9. The number of hydrogen-bond donors (Lipinski definition) is 1. The second-order valence-corrected chi connectivity index (χ2v) is 5.93. The first-order valence-corrected chi connectivity index (χ1v) is 7.73. The molecule has 0 saturated heterocycles. The third kappa shape index (κ3) is 3.00. The Morgan fingerprint density at radius 2 is 1.58 bits per heavy atom. The van der Waals surface area contributed by atoms with Gasteiger partial charge in [0.15, 0.2) is 11.5 Å². The van der Waals surface area contributed by atoms with Crippen LogP contribution in [0.3, 0.4) is 0 Å². The molecule has 0 radical (unpaired) electrons. The molecule has 9 heteroatoms. The lowest BCUT2D eigenvalue weighted by molar-refractivity contribution is 0.171. The van der Waals surface area contributed by atoms with Gasteiger partial charge in [-0.3, -0.25) is 0 Å². The molecular formula is C15H11BrF4N2O2. The van der Waals surface area contributed by atoms with Crippen molar-refractivity contribution < 1.29 is 27.0 Å². The summed E-state index contributed by atoms with van der Waals surface area (Å²) in [6.07, 6.45) is 0. The molecule has 0 aliphatic carbocycles. The molecule has 1 aliphatic heterocycles. The van der Waals surface area contributed by atoms with Gasteiger partial charge in [0.05, 0.1) is 0 Å². The van der Waals surface area contributed by atoms with Crippen molar-refractivity contribution >= 4 is 21.6 Å². The summed E-state index contributed by atoms with van der Waals surface area (Å²) in [5.74, 6) is -5.61. The molecule has 2 aromatic rings. The molecule has 1 unspecified atom stereocenters. The van der Waals surface area contributed by atoms with Gasteiger partial charge in [-0.2, -0.15) is 22.5 Å². The zero-order valence-corrected chi connectivity index (χ0v) is 13.9. The maximum Gasteiger partial charge on any atom is 0.253 e. The maximum absolute atomic E-state index is 13.7. The lowest BCUT2D eigenvalue weighted by Gasteiger charge is -2.23. The van der Waals surface area contributed by atoms with E-state index in [0.717, 1.165) is 0 Å². The number of nitrogens with one attached hydrogen (secondary N) is 1. The van der Waals surface area contributed by atoms with E-state index in [1.54, 1.807) is 19.1 Å². The van der Waals surface area contributed by atoms with Crippen molar-refractivity contribution in [2.24, 2.45) is 0 Å². The molecule has 0 fully saturated rings. The molecule has 128 valence electrons. The quantitative estimate of drug-likeness (QED) is 0.607. The lowest BCUT2D eigenvalue weighted by Crippen LogP contribution is -2.17. The second-order valence-electron chi connectivity index (χ2n) is 5.08. The fourth-order valence-corrected chi connectivity index (χ4v) is 2.99. The van der Waals surface area contributed by atoms with E-state index in [9.17, 15) is 17.6 Å². The van der Waals surface area contributed by atoms with E-state index in [2.05, 4.69) is 26.2 Å². The first-order chi connectivity index (χ1) is 11.4. The molecule has 1 aromatic carbocycles. The monoisotopic (exact) mass is 406 g/mol. The summed E-state index contributed by atoms with van der Waals surface area (Å²) in [5, 5.41) is 2.43. The number of anilines is 1. The average molecular weight is 407 g/mol. The van der Waals surface area contributed by atoms with E-state index in [-0.39, 0.29) is 0 Å². The Labute approximate surface area is 142 Å². The SMILES string of the molecule is CC(Nc1c(F)c(F)nc(F)c1F)c1cc2c(cc1Br)OCCO2. The number of fused-ring (bicyclic) bond motifs is 1. The molecule has 0 amide bonds. The normalized spacial score (nSPS) is 14.4. The number of pyridine rings is 1. The first-order valence-electron chi connectivity index (χ1n) is 6.94. The summed E-state index contributed by atoms with van der Waals surface area (Å²) in [6, 6.07) is 2.59. The van der Waals surface area contributed by atoms with Gasteiger partial charge in [-0.15, -0.1) is 0 Å². The predicted molar refractivity (Wildman–Crippen MR) is 81.2 cm³/mol. The molecule has 1 aromatic heterocycles. The van der Waals surface area contributed by atoms with E-state index < -0.39 is 35.3 Å². The lowest BCUT2D eigenvalue weighted by atomic mass is 10.1. The van der Waals surface area contributed by atoms with Crippen molar-refractivity contribution in [2.45, 2.75) is 13.0 Å². The number of benzene rings is 1. The molecule has 1 N–H and O–H groups in total. The van der Waals surface area contributed by atoms with Crippen LogP contribution in [-0.4, -0.2) is 18.2 Å². The zero-order chi connectivity index (χ0) is 17.4. The van der Waals surface area contributed by atoms with Crippen molar-refractivity contribution in [1.82, 2.24) is 4.98 Å². The summed E-state index contributed by atoms with van der Waals surface area (Å²) in [4.78, 5) is 2.52. The van der Waals surface area contributed by atoms with Crippen LogP contribution in [0.4, 0.5) is 23.2 Å². The molecule has 4 nitrogen and oxygen atoms in total. The van der Waals surface area contributed by atoms with Crippen LogP contribution >= 0.6 is 15.9 Å². The fourth-order valence-electron chi connectivity index (χ4n) is 2.32. The molecule has 1 atom stereocenters. The number of ether oxygens (including phenoxy) is 2. The molecule has 0 spiro atoms. The third-order valence-electron chi connectivity index (χ3n) is 3.49. The largest absolute Gasteiger partial charge is 0.486 e. The van der Waals surface area contributed by atoms with Gasteiger partial charge in [0.1, 0.15) is 18.9 Å². The Morgan fingerprint density at radius 3 is 2.17 bits per heavy atom. The van der Waals surface area contributed by atoms with E-state index in [1.807, 2.05) is 0 Å². The fraction of sp³-hybridized carbons (Fsp3) is 0.267. The Balaban J connectivity index is 1.95. The van der Waals surface area contributed by atoms with Crippen LogP contribution in [-0.2, 0) is 0 Å². The van der Waals surface area contributed by atoms with Crippen LogP contribution < -0.4 is 14.8 Å². The van der Waals surface area contributed by atoms with E-state index in [4.69, 9.17) is 9.47 Å². The van der Waals surface area contributed by atoms with Gasteiger partial charge in [0.2, 0.25) is 11.6 Å². The number of halogens is 5. The molecule has 24 heavy (non-hydrogen) atoms.